The molecule has 0 amide bonds. The summed E-state index contributed by atoms with van der Waals surface area (Å²) in [7, 11) is -3.53. The number of sulfonamides is 1. The van der Waals surface area contributed by atoms with E-state index in [9.17, 15) is 8.42 Å². The quantitative estimate of drug-likeness (QED) is 0.477. The van der Waals surface area contributed by atoms with Crippen LogP contribution in [0, 0.1) is 13.8 Å². The summed E-state index contributed by atoms with van der Waals surface area (Å²) in [6.45, 7) is 7.62. The van der Waals surface area contributed by atoms with Crippen LogP contribution in [-0.4, -0.2) is 15.0 Å². The van der Waals surface area contributed by atoms with Crippen molar-refractivity contribution in [3.63, 3.8) is 0 Å². The normalized spacial score (nSPS) is 11.4. The number of benzene rings is 1. The maximum atomic E-state index is 12.0. The molecule has 0 aliphatic carbocycles. The molecule has 0 atom stereocenters. The second-order valence-corrected chi connectivity index (χ2v) is 5.68. The molecule has 1 aromatic carbocycles. The molecule has 0 fully saturated rings. The molecule has 0 aromatic heterocycles. The van der Waals surface area contributed by atoms with E-state index < -0.39 is 10.0 Å². The van der Waals surface area contributed by atoms with Gasteiger partial charge in [0.15, 0.2) is 0 Å². The molecule has 5 heteroatoms. The number of nitrogens with two attached hydrogens (primary N) is 1. The van der Waals surface area contributed by atoms with E-state index in [1.807, 2.05) is 13.8 Å². The second-order valence-electron chi connectivity index (χ2n) is 3.95. The van der Waals surface area contributed by atoms with Crippen molar-refractivity contribution in [2.75, 3.05) is 12.3 Å². The largest absolute Gasteiger partial charge is 0.398 e. The summed E-state index contributed by atoms with van der Waals surface area (Å²) < 4.78 is 26.4. The molecule has 0 radical (unpaired) electrons. The highest BCUT2D eigenvalue weighted by molar-refractivity contribution is 7.89. The Hall–Kier alpha value is -1.33. The molecule has 0 spiro atoms. The summed E-state index contributed by atoms with van der Waals surface area (Å²) in [5, 5.41) is 0. The maximum absolute atomic E-state index is 12.0. The molecule has 0 aliphatic heterocycles. The van der Waals surface area contributed by atoms with Crippen LogP contribution in [0.5, 0.6) is 0 Å². The first-order valence-corrected chi connectivity index (χ1v) is 6.84. The van der Waals surface area contributed by atoms with E-state index in [1.165, 1.54) is 0 Å². The lowest BCUT2D eigenvalue weighted by molar-refractivity contribution is 0.582. The van der Waals surface area contributed by atoms with Crippen LogP contribution < -0.4 is 10.5 Å². The SMILES string of the molecule is C=CCCNS(=O)(=O)c1cc(C)c(C)cc1N. The highest BCUT2D eigenvalue weighted by Crippen LogP contribution is 2.22. The van der Waals surface area contributed by atoms with Gasteiger partial charge < -0.3 is 5.73 Å². The highest BCUT2D eigenvalue weighted by atomic mass is 32.2. The number of rotatable bonds is 5. The van der Waals surface area contributed by atoms with Gasteiger partial charge in [0.1, 0.15) is 4.90 Å². The molecular formula is C12H18N2O2S. The molecule has 1 rings (SSSR count). The maximum Gasteiger partial charge on any atom is 0.242 e. The van der Waals surface area contributed by atoms with Crippen LogP contribution in [0.3, 0.4) is 0 Å². The van der Waals surface area contributed by atoms with Crippen LogP contribution in [0.1, 0.15) is 17.5 Å². The van der Waals surface area contributed by atoms with E-state index in [-0.39, 0.29) is 10.6 Å². The van der Waals surface area contributed by atoms with Gasteiger partial charge in [0.25, 0.3) is 0 Å². The number of hydrogen-bond donors (Lipinski definition) is 2. The molecule has 1 aromatic rings. The van der Waals surface area contributed by atoms with Crippen LogP contribution in [-0.2, 0) is 10.0 Å². The first-order valence-electron chi connectivity index (χ1n) is 5.36. The number of nitrogens with one attached hydrogen (secondary N) is 1. The molecular weight excluding hydrogens is 236 g/mol. The Morgan fingerprint density at radius 2 is 1.94 bits per heavy atom. The average Bonchev–Trinajstić information content (AvgIpc) is 2.23. The Labute approximate surface area is 103 Å². The third-order valence-electron chi connectivity index (χ3n) is 2.56. The van der Waals surface area contributed by atoms with Crippen molar-refractivity contribution in [3.05, 3.63) is 35.9 Å². The molecule has 94 valence electrons. The van der Waals surface area contributed by atoms with Gasteiger partial charge in [0, 0.05) is 6.54 Å². The van der Waals surface area contributed by atoms with Crippen molar-refractivity contribution in [1.29, 1.82) is 0 Å². The van der Waals surface area contributed by atoms with Crippen molar-refractivity contribution in [2.45, 2.75) is 25.2 Å². The summed E-state index contributed by atoms with van der Waals surface area (Å²) in [6, 6.07) is 3.28. The summed E-state index contributed by atoms with van der Waals surface area (Å²) in [5.74, 6) is 0. The Bertz CT molecular complexity index is 522. The molecule has 0 saturated heterocycles. The second kappa shape index (κ2) is 5.33. The Morgan fingerprint density at radius 3 is 2.53 bits per heavy atom. The number of aryl methyl sites for hydroxylation is 2. The van der Waals surface area contributed by atoms with Gasteiger partial charge in [-0.3, -0.25) is 0 Å². The summed E-state index contributed by atoms with van der Waals surface area (Å²) in [6.07, 6.45) is 2.25. The minimum Gasteiger partial charge on any atom is -0.398 e. The Balaban J connectivity index is 3.06. The van der Waals surface area contributed by atoms with E-state index in [1.54, 1.807) is 18.2 Å². The van der Waals surface area contributed by atoms with Gasteiger partial charge in [-0.25, -0.2) is 13.1 Å². The zero-order valence-electron chi connectivity index (χ0n) is 10.2. The van der Waals surface area contributed by atoms with Gasteiger partial charge in [0.2, 0.25) is 10.0 Å². The first kappa shape index (κ1) is 13.7. The van der Waals surface area contributed by atoms with Crippen LogP contribution in [0.15, 0.2) is 29.7 Å². The fourth-order valence-electron chi connectivity index (χ4n) is 1.42. The van der Waals surface area contributed by atoms with Crippen LogP contribution in [0.25, 0.3) is 0 Å². The predicted molar refractivity (Wildman–Crippen MR) is 70.3 cm³/mol. The standard InChI is InChI=1S/C12H18N2O2S/c1-4-5-6-14-17(15,16)12-8-10(3)9(2)7-11(12)13/h4,7-8,14H,1,5-6,13H2,2-3H3. The fourth-order valence-corrected chi connectivity index (χ4v) is 2.66. The van der Waals surface area contributed by atoms with Crippen molar-refractivity contribution in [2.24, 2.45) is 0 Å². The molecule has 0 aliphatic rings. The summed E-state index contributed by atoms with van der Waals surface area (Å²) in [4.78, 5) is 0.143. The van der Waals surface area contributed by atoms with Gasteiger partial charge in [-0.1, -0.05) is 6.08 Å². The zero-order chi connectivity index (χ0) is 13.1. The Morgan fingerprint density at radius 1 is 1.35 bits per heavy atom. The smallest absolute Gasteiger partial charge is 0.242 e. The van der Waals surface area contributed by atoms with E-state index in [2.05, 4.69) is 11.3 Å². The Kier molecular flexibility index (Phi) is 4.31. The predicted octanol–water partition coefficient (Wildman–Crippen LogP) is 1.74. The molecule has 0 heterocycles. The molecule has 0 saturated carbocycles. The van der Waals surface area contributed by atoms with Crippen LogP contribution in [0.2, 0.25) is 0 Å². The summed E-state index contributed by atoms with van der Waals surface area (Å²) >= 11 is 0. The lowest BCUT2D eigenvalue weighted by Crippen LogP contribution is -2.25. The first-order chi connectivity index (χ1) is 7.88. The van der Waals surface area contributed by atoms with Crippen molar-refractivity contribution >= 4 is 15.7 Å². The molecule has 4 nitrogen and oxygen atoms in total. The van der Waals surface area contributed by atoms with Crippen molar-refractivity contribution < 1.29 is 8.42 Å². The van der Waals surface area contributed by atoms with E-state index in [0.717, 1.165) is 11.1 Å². The lowest BCUT2D eigenvalue weighted by atomic mass is 10.1. The van der Waals surface area contributed by atoms with E-state index in [0.29, 0.717) is 13.0 Å². The van der Waals surface area contributed by atoms with E-state index >= 15 is 0 Å². The third kappa shape index (κ3) is 3.31. The number of anilines is 1. The number of nitrogen functional groups attached to an aromatic ring is 1. The van der Waals surface area contributed by atoms with Gasteiger partial charge in [-0.05, 0) is 43.5 Å². The molecule has 0 bridgehead atoms. The monoisotopic (exact) mass is 254 g/mol. The van der Waals surface area contributed by atoms with Crippen LogP contribution in [0.4, 0.5) is 5.69 Å². The van der Waals surface area contributed by atoms with Crippen molar-refractivity contribution in [1.82, 2.24) is 4.72 Å². The molecule has 3 N–H and O–H groups in total. The number of hydrogen-bond acceptors (Lipinski definition) is 3. The highest BCUT2D eigenvalue weighted by Gasteiger charge is 2.17. The zero-order valence-corrected chi connectivity index (χ0v) is 11.0. The van der Waals surface area contributed by atoms with Gasteiger partial charge in [-0.2, -0.15) is 0 Å². The molecule has 0 unspecified atom stereocenters. The van der Waals surface area contributed by atoms with E-state index in [4.69, 9.17) is 5.73 Å². The van der Waals surface area contributed by atoms with Gasteiger partial charge >= 0.3 is 0 Å². The van der Waals surface area contributed by atoms with Crippen LogP contribution >= 0.6 is 0 Å². The van der Waals surface area contributed by atoms with Gasteiger partial charge in [-0.15, -0.1) is 6.58 Å². The minimum absolute atomic E-state index is 0.143. The van der Waals surface area contributed by atoms with Gasteiger partial charge in [0.05, 0.1) is 5.69 Å². The van der Waals surface area contributed by atoms with Crippen molar-refractivity contribution in [3.8, 4) is 0 Å². The minimum atomic E-state index is -3.53. The topological polar surface area (TPSA) is 72.2 Å². The average molecular weight is 254 g/mol. The fraction of sp³-hybridized carbons (Fsp3) is 0.333. The molecule has 17 heavy (non-hydrogen) atoms. The summed E-state index contributed by atoms with van der Waals surface area (Å²) in [5.41, 5.74) is 7.90. The lowest BCUT2D eigenvalue weighted by Gasteiger charge is -2.11. The third-order valence-corrected chi connectivity index (χ3v) is 4.07.